The van der Waals surface area contributed by atoms with Crippen LogP contribution in [-0.2, 0) is 0 Å². The number of terminal acetylenes is 1. The molecule has 0 saturated carbocycles. The van der Waals surface area contributed by atoms with Gasteiger partial charge in [0.15, 0.2) is 0 Å². The first-order chi connectivity index (χ1) is 21.5. The van der Waals surface area contributed by atoms with Crippen molar-refractivity contribution in [1.82, 2.24) is 0 Å². The molecule has 0 aromatic heterocycles. The smallest absolute Gasteiger partial charge is 0.336 e. The zero-order chi connectivity index (χ0) is 33.4. The quantitative estimate of drug-likeness (QED) is 0.118. The first-order valence-electron chi connectivity index (χ1n) is 13.6. The lowest BCUT2D eigenvalue weighted by atomic mass is 10.1. The molecule has 0 heterocycles. The van der Waals surface area contributed by atoms with E-state index in [1.54, 1.807) is 79.7 Å². The van der Waals surface area contributed by atoms with Crippen molar-refractivity contribution < 1.29 is 34.1 Å². The minimum Gasteiger partial charge on any atom is -0.478 e. The Kier molecular flexibility index (Phi) is 13.8. The number of carbonyl (C=O) groups is 4. The first-order valence-corrected chi connectivity index (χ1v) is 13.6. The van der Waals surface area contributed by atoms with Crippen molar-refractivity contribution in [3.63, 3.8) is 0 Å². The van der Waals surface area contributed by atoms with E-state index >= 15 is 0 Å². The summed E-state index contributed by atoms with van der Waals surface area (Å²) in [6.45, 7) is 7.86. The molecule has 0 saturated heterocycles. The highest BCUT2D eigenvalue weighted by Gasteiger charge is 2.17. The summed E-state index contributed by atoms with van der Waals surface area (Å²) in [7, 11) is 0. The van der Waals surface area contributed by atoms with Gasteiger partial charge < -0.3 is 25.6 Å². The van der Waals surface area contributed by atoms with E-state index in [0.717, 1.165) is 0 Å². The van der Waals surface area contributed by atoms with Gasteiger partial charge in [-0.3, -0.25) is 9.59 Å². The number of nitrogens with one attached hydrogen (secondary N) is 2. The number of carboxylic acid groups (broad SMARTS) is 2. The normalized spacial score (nSPS) is 9.40. The Balaban J connectivity index is 0.000000789. The minimum atomic E-state index is -1.19. The molecule has 0 aliphatic rings. The van der Waals surface area contributed by atoms with Crippen molar-refractivity contribution in [3.05, 3.63) is 131 Å². The molecule has 9 nitrogen and oxygen atoms in total. The van der Waals surface area contributed by atoms with Crippen LogP contribution in [0.3, 0.4) is 0 Å². The summed E-state index contributed by atoms with van der Waals surface area (Å²) < 4.78 is 5.79. The molecular weight excluding hydrogens is 572 g/mol. The fourth-order valence-corrected chi connectivity index (χ4v) is 3.48. The molecule has 230 valence electrons. The van der Waals surface area contributed by atoms with Crippen LogP contribution in [0.2, 0.25) is 0 Å². The molecule has 0 spiro atoms. The summed E-state index contributed by atoms with van der Waals surface area (Å²) >= 11 is 0. The lowest BCUT2D eigenvalue weighted by molar-refractivity contribution is 0.0683. The average molecular weight is 607 g/mol. The molecule has 4 rings (SSSR count). The molecule has 0 radical (unpaired) electrons. The van der Waals surface area contributed by atoms with E-state index in [1.165, 1.54) is 29.8 Å². The summed E-state index contributed by atoms with van der Waals surface area (Å²) in [6, 6.07) is 24.9. The topological polar surface area (TPSA) is 142 Å². The number of allylic oxidation sites excluding steroid dienone is 2. The van der Waals surface area contributed by atoms with Crippen LogP contribution in [0.25, 0.3) is 0 Å². The van der Waals surface area contributed by atoms with E-state index in [-0.39, 0.29) is 22.3 Å². The van der Waals surface area contributed by atoms with Gasteiger partial charge in [0.1, 0.15) is 11.5 Å². The van der Waals surface area contributed by atoms with E-state index in [0.29, 0.717) is 22.9 Å². The van der Waals surface area contributed by atoms with Gasteiger partial charge in [-0.1, -0.05) is 35.9 Å². The van der Waals surface area contributed by atoms with E-state index in [1.807, 2.05) is 6.92 Å². The monoisotopic (exact) mass is 606 g/mol. The van der Waals surface area contributed by atoms with Gasteiger partial charge in [-0.05, 0) is 100 Å². The molecule has 0 aliphatic heterocycles. The summed E-state index contributed by atoms with van der Waals surface area (Å²) in [5.74, 6) is -0.256. The number of hydrogen-bond acceptors (Lipinski definition) is 5. The van der Waals surface area contributed by atoms with Crippen LogP contribution >= 0.6 is 0 Å². The van der Waals surface area contributed by atoms with Crippen molar-refractivity contribution in [1.29, 1.82) is 0 Å². The minimum absolute atomic E-state index is 0.0500. The number of anilines is 2. The number of carbonyl (C=O) groups excluding carboxylic acids is 2. The number of rotatable bonds is 8. The van der Waals surface area contributed by atoms with Crippen LogP contribution in [-0.4, -0.2) is 34.0 Å². The fourth-order valence-electron chi connectivity index (χ4n) is 3.48. The Morgan fingerprint density at radius 1 is 0.644 bits per heavy atom. The number of hydrogen-bond donors (Lipinski definition) is 4. The molecule has 2 amide bonds. The van der Waals surface area contributed by atoms with Crippen LogP contribution in [0.5, 0.6) is 11.5 Å². The van der Waals surface area contributed by atoms with Crippen molar-refractivity contribution in [2.24, 2.45) is 0 Å². The Morgan fingerprint density at radius 2 is 0.933 bits per heavy atom. The molecule has 0 bridgehead atoms. The van der Waals surface area contributed by atoms with Crippen molar-refractivity contribution in [3.8, 4) is 23.8 Å². The van der Waals surface area contributed by atoms with Crippen LogP contribution in [0.15, 0.2) is 109 Å². The molecule has 0 fully saturated rings. The Labute approximate surface area is 262 Å². The third-order valence-electron chi connectivity index (χ3n) is 5.84. The SMILES string of the molecule is C#CC.CC=C(C)C.O=C(O)c1ccccc1C(=O)Nc1ccc(Oc2ccc(NC(=O)c3ccccc3C(=O)O)cc2)cc1. The maximum atomic E-state index is 12.5. The third-order valence-corrected chi connectivity index (χ3v) is 5.84. The molecule has 0 aliphatic carbocycles. The maximum Gasteiger partial charge on any atom is 0.336 e. The van der Waals surface area contributed by atoms with E-state index < -0.39 is 23.8 Å². The second kappa shape index (κ2) is 17.7. The van der Waals surface area contributed by atoms with Crippen molar-refractivity contribution in [2.45, 2.75) is 27.7 Å². The van der Waals surface area contributed by atoms with Crippen LogP contribution in [0.1, 0.15) is 69.1 Å². The van der Waals surface area contributed by atoms with Crippen LogP contribution in [0, 0.1) is 12.3 Å². The molecule has 0 atom stereocenters. The highest BCUT2D eigenvalue weighted by molar-refractivity contribution is 6.11. The molecule has 4 aromatic carbocycles. The van der Waals surface area contributed by atoms with E-state index in [4.69, 9.17) is 4.74 Å². The van der Waals surface area contributed by atoms with Crippen LogP contribution in [0.4, 0.5) is 11.4 Å². The highest BCUT2D eigenvalue weighted by Crippen LogP contribution is 2.25. The van der Waals surface area contributed by atoms with Gasteiger partial charge >= 0.3 is 11.9 Å². The molecule has 45 heavy (non-hydrogen) atoms. The van der Waals surface area contributed by atoms with Gasteiger partial charge in [-0.25, -0.2) is 9.59 Å². The second-order valence-corrected chi connectivity index (χ2v) is 9.42. The largest absolute Gasteiger partial charge is 0.478 e. The fraction of sp³-hybridized carbons (Fsp3) is 0.111. The standard InChI is InChI=1S/C28H20N2O7.C5H10.C3H4/c31-25(21-5-1-3-7-23(21)27(33)34)29-17-9-13-19(14-10-17)37-20-15-11-18(12-16-20)30-26(32)22-6-2-4-8-24(22)28(35)36;1-4-5(2)3;1-3-2/h1-16H,(H,29,31)(H,30,32)(H,33,34)(H,35,36);4H,1-3H3;1H,2H3. The zero-order valence-corrected chi connectivity index (χ0v) is 25.3. The van der Waals surface area contributed by atoms with E-state index in [2.05, 4.69) is 42.9 Å². The third kappa shape index (κ3) is 11.2. The molecule has 4 N–H and O–H groups in total. The Hall–Kier alpha value is -6.14. The number of benzene rings is 4. The van der Waals surface area contributed by atoms with Crippen molar-refractivity contribution in [2.75, 3.05) is 10.6 Å². The summed E-state index contributed by atoms with van der Waals surface area (Å²) in [5, 5.41) is 23.8. The second-order valence-electron chi connectivity index (χ2n) is 9.42. The Morgan fingerprint density at radius 3 is 1.20 bits per heavy atom. The molecule has 4 aromatic rings. The molecular formula is C36H34N2O7. The van der Waals surface area contributed by atoms with Gasteiger partial charge in [0.25, 0.3) is 11.8 Å². The van der Waals surface area contributed by atoms with Gasteiger partial charge in [-0.2, -0.15) is 0 Å². The number of carboxylic acids is 2. The van der Waals surface area contributed by atoms with Gasteiger partial charge in [0.2, 0.25) is 0 Å². The number of ether oxygens (including phenoxy) is 1. The zero-order valence-electron chi connectivity index (χ0n) is 25.3. The predicted octanol–water partition coefficient (Wildman–Crippen LogP) is 7.99. The lowest BCUT2D eigenvalue weighted by Crippen LogP contribution is -2.16. The summed E-state index contributed by atoms with van der Waals surface area (Å²) in [5.41, 5.74) is 2.21. The van der Waals surface area contributed by atoms with Gasteiger partial charge in [-0.15, -0.1) is 12.3 Å². The number of aromatic carboxylic acids is 2. The average Bonchev–Trinajstić information content (AvgIpc) is 3.03. The Bertz CT molecular complexity index is 1580. The van der Waals surface area contributed by atoms with Crippen molar-refractivity contribution >= 4 is 35.1 Å². The van der Waals surface area contributed by atoms with Gasteiger partial charge in [0.05, 0.1) is 22.3 Å². The summed E-state index contributed by atoms with van der Waals surface area (Å²) in [6.07, 6.45) is 6.68. The lowest BCUT2D eigenvalue weighted by Gasteiger charge is -2.11. The highest BCUT2D eigenvalue weighted by atomic mass is 16.5. The maximum absolute atomic E-state index is 12.5. The first kappa shape index (κ1) is 35.1. The number of amides is 2. The summed E-state index contributed by atoms with van der Waals surface area (Å²) in [4.78, 5) is 47.7. The molecule has 0 unspecified atom stereocenters. The predicted molar refractivity (Wildman–Crippen MR) is 175 cm³/mol. The van der Waals surface area contributed by atoms with E-state index in [9.17, 15) is 29.4 Å². The van der Waals surface area contributed by atoms with Gasteiger partial charge in [0, 0.05) is 11.4 Å². The molecule has 9 heteroatoms. The van der Waals surface area contributed by atoms with Crippen LogP contribution < -0.4 is 15.4 Å².